The summed E-state index contributed by atoms with van der Waals surface area (Å²) >= 11 is 0. The summed E-state index contributed by atoms with van der Waals surface area (Å²) in [5.74, 6) is -10.6. The molecule has 4 heterocycles. The van der Waals surface area contributed by atoms with Gasteiger partial charge in [0.15, 0.2) is 0 Å². The number of nitrogens with one attached hydrogen (secondary N) is 10. The molecule has 5 rings (SSSR count). The van der Waals surface area contributed by atoms with Crippen molar-refractivity contribution >= 4 is 76.3 Å². The third kappa shape index (κ3) is 19.2. The van der Waals surface area contributed by atoms with Crippen molar-refractivity contribution in [3.8, 4) is 5.75 Å². The van der Waals surface area contributed by atoms with Gasteiger partial charge < -0.3 is 88.3 Å². The molecular formula is C53H80N12O16. The smallest absolute Gasteiger partial charge is 0.407 e. The fourth-order valence-corrected chi connectivity index (χ4v) is 9.66. The third-order valence-electron chi connectivity index (χ3n) is 14.3. The van der Waals surface area contributed by atoms with E-state index < -0.39 is 170 Å². The average molecular weight is 1140 g/mol. The van der Waals surface area contributed by atoms with E-state index in [4.69, 9.17) is 15.2 Å². The highest BCUT2D eigenvalue weighted by molar-refractivity contribution is 5.99. The Morgan fingerprint density at radius 2 is 1.46 bits per heavy atom. The van der Waals surface area contributed by atoms with Gasteiger partial charge in [-0.2, -0.15) is 0 Å². The van der Waals surface area contributed by atoms with Crippen molar-refractivity contribution in [2.24, 2.45) is 17.6 Å². The number of ether oxygens (including phenoxy) is 2. The van der Waals surface area contributed by atoms with E-state index >= 15 is 0 Å². The minimum atomic E-state index is -1.82. The van der Waals surface area contributed by atoms with E-state index in [1.54, 1.807) is 40.7 Å². The number of alkyl carbamates (subject to hydrolysis) is 2. The van der Waals surface area contributed by atoms with Crippen LogP contribution in [0.2, 0.25) is 0 Å². The van der Waals surface area contributed by atoms with Crippen LogP contribution in [0.25, 0.3) is 10.9 Å². The van der Waals surface area contributed by atoms with Crippen LogP contribution in [0, 0.1) is 11.8 Å². The Hall–Kier alpha value is -7.75. The van der Waals surface area contributed by atoms with Crippen LogP contribution in [-0.4, -0.2) is 184 Å². The summed E-state index contributed by atoms with van der Waals surface area (Å²) in [6, 6.07) is -5.07. The number of primary amides is 1. The Bertz CT molecular complexity index is 2620. The largest absolute Gasteiger partial charge is 0.508 e. The zero-order valence-electron chi connectivity index (χ0n) is 46.7. The second kappa shape index (κ2) is 29.6. The molecule has 3 aliphatic heterocycles. The standard InChI is InChI=1S/C53H80N12O16/c1-7-27(2)43-48(75)58-23-41(70)60-34-14-12-13-33-32(31-16-15-29(66)19-35(31)59-33)21-36(45(72)57-24-42(71)63-43)61-49(76)44(64-47(74)38-20-30(67)25-65(38)50(77)37(22-40(54)69)62-46(34)73)28(3)39(68)26-80-51(78)55-17-10-8-9-11-18-56-52(79)81-53(4,5)6/h15-16,19,27-28,30,34,36-39,43-44,59,66-68H,7-14,17-18,20-26H2,1-6H3,(H2,54,69)(H,55,78)(H,56,79)(H,57,72)(H,58,75)(H,60,70)(H,61,76)(H,62,73)(H,63,71)(H,64,74)/t27-,28-,30?,34?,36?,37-,38-,39-,43-,44-/m0/s1. The number of carbonyl (C=O) groups is 11. The summed E-state index contributed by atoms with van der Waals surface area (Å²) in [7, 11) is 0. The molecule has 28 nitrogen and oxygen atoms in total. The molecule has 0 aliphatic carbocycles. The topological polar surface area (TPSA) is 420 Å². The lowest BCUT2D eigenvalue weighted by Crippen LogP contribution is -2.61. The van der Waals surface area contributed by atoms with Gasteiger partial charge in [-0.25, -0.2) is 9.59 Å². The second-order valence-corrected chi connectivity index (χ2v) is 21.9. The lowest BCUT2D eigenvalue weighted by atomic mass is 9.93. The van der Waals surface area contributed by atoms with Crippen LogP contribution in [0.3, 0.4) is 0 Å². The number of aromatic amines is 1. The van der Waals surface area contributed by atoms with Crippen LogP contribution in [0.4, 0.5) is 9.59 Å². The number of hydrogen-bond donors (Lipinski definition) is 14. The Morgan fingerprint density at radius 1 is 0.802 bits per heavy atom. The molecule has 3 aliphatic rings. The Balaban J connectivity index is 1.51. The van der Waals surface area contributed by atoms with Gasteiger partial charge in [-0.1, -0.05) is 40.0 Å². The van der Waals surface area contributed by atoms with Crippen LogP contribution < -0.4 is 53.6 Å². The van der Waals surface area contributed by atoms with Crippen molar-refractivity contribution in [1.82, 2.24) is 57.7 Å². The molecule has 1 aromatic heterocycles. The molecule has 28 heteroatoms. The van der Waals surface area contributed by atoms with Gasteiger partial charge in [-0.15, -0.1) is 0 Å². The van der Waals surface area contributed by atoms with E-state index in [1.807, 2.05) is 0 Å². The van der Waals surface area contributed by atoms with Gasteiger partial charge in [0, 0.05) is 61.1 Å². The van der Waals surface area contributed by atoms with E-state index in [0.29, 0.717) is 54.4 Å². The highest BCUT2D eigenvalue weighted by Gasteiger charge is 2.45. The van der Waals surface area contributed by atoms with E-state index in [0.717, 1.165) is 11.3 Å². The van der Waals surface area contributed by atoms with Crippen molar-refractivity contribution in [3.05, 3.63) is 29.5 Å². The molecule has 2 aromatic rings. The molecule has 1 saturated heterocycles. The number of aromatic hydroxyl groups is 1. The number of nitrogens with zero attached hydrogens (tertiary/aromatic N) is 1. The molecular weight excluding hydrogens is 1060 g/mol. The molecule has 3 unspecified atom stereocenters. The normalized spacial score (nSPS) is 24.2. The molecule has 0 radical (unpaired) electrons. The molecule has 81 heavy (non-hydrogen) atoms. The summed E-state index contributed by atoms with van der Waals surface area (Å²) in [5.41, 5.74) is 6.22. The minimum Gasteiger partial charge on any atom is -0.508 e. The molecule has 10 atom stereocenters. The number of amides is 11. The number of nitrogens with two attached hydrogens (primary N) is 1. The van der Waals surface area contributed by atoms with Gasteiger partial charge in [0.25, 0.3) is 0 Å². The number of unbranched alkanes of at least 4 members (excludes halogenated alkanes) is 3. The van der Waals surface area contributed by atoms with Crippen LogP contribution in [0.15, 0.2) is 18.2 Å². The molecule has 0 spiro atoms. The lowest BCUT2D eigenvalue weighted by Gasteiger charge is -2.32. The first-order chi connectivity index (χ1) is 38.2. The summed E-state index contributed by atoms with van der Waals surface area (Å²) in [5, 5.41) is 56.6. The van der Waals surface area contributed by atoms with Gasteiger partial charge in [0.05, 0.1) is 31.7 Å². The predicted molar refractivity (Wildman–Crippen MR) is 289 cm³/mol. The summed E-state index contributed by atoms with van der Waals surface area (Å²) in [4.78, 5) is 155. The molecule has 448 valence electrons. The van der Waals surface area contributed by atoms with E-state index in [1.165, 1.54) is 19.1 Å². The maximum absolute atomic E-state index is 15.0. The highest BCUT2D eigenvalue weighted by atomic mass is 16.6. The third-order valence-corrected chi connectivity index (χ3v) is 14.3. The zero-order valence-corrected chi connectivity index (χ0v) is 46.7. The number of aromatic nitrogens is 1. The zero-order chi connectivity index (χ0) is 59.7. The number of aryl methyl sites for hydroxylation is 1. The molecule has 15 N–H and O–H groups in total. The van der Waals surface area contributed by atoms with E-state index in [9.17, 15) is 68.1 Å². The fraction of sp³-hybridized carbons (Fsp3) is 0.642. The number of aliphatic hydroxyl groups is 2. The Kier molecular flexibility index (Phi) is 23.4. The van der Waals surface area contributed by atoms with Gasteiger partial charge in [0.2, 0.25) is 53.2 Å². The van der Waals surface area contributed by atoms with Crippen molar-refractivity contribution < 1.29 is 77.5 Å². The van der Waals surface area contributed by atoms with Gasteiger partial charge in [0.1, 0.15) is 54.2 Å². The monoisotopic (exact) mass is 1140 g/mol. The maximum Gasteiger partial charge on any atom is 0.407 e. The van der Waals surface area contributed by atoms with E-state index in [-0.39, 0.29) is 38.0 Å². The predicted octanol–water partition coefficient (Wildman–Crippen LogP) is -1.89. The first kappa shape index (κ1) is 64.1. The van der Waals surface area contributed by atoms with Crippen LogP contribution >= 0.6 is 0 Å². The summed E-state index contributed by atoms with van der Waals surface area (Å²) < 4.78 is 10.5. The molecule has 2 bridgehead atoms. The van der Waals surface area contributed by atoms with Crippen molar-refractivity contribution in [1.29, 1.82) is 0 Å². The van der Waals surface area contributed by atoms with Gasteiger partial charge in [-0.05, 0) is 76.5 Å². The number of aliphatic hydroxyl groups excluding tert-OH is 2. The molecule has 1 fully saturated rings. The second-order valence-electron chi connectivity index (χ2n) is 21.9. The van der Waals surface area contributed by atoms with E-state index in [2.05, 4.69) is 52.8 Å². The number of phenolic OH excluding ortho intramolecular Hbond substituents is 1. The molecule has 11 amide bonds. The number of phenols is 1. The Labute approximate surface area is 468 Å². The number of hydrogen-bond acceptors (Lipinski definition) is 16. The van der Waals surface area contributed by atoms with Gasteiger partial charge in [-0.3, -0.25) is 43.2 Å². The van der Waals surface area contributed by atoms with Crippen molar-refractivity contribution in [2.45, 2.75) is 166 Å². The Morgan fingerprint density at radius 3 is 2.11 bits per heavy atom. The first-order valence-corrected chi connectivity index (χ1v) is 27.4. The van der Waals surface area contributed by atoms with Crippen LogP contribution in [0.1, 0.15) is 111 Å². The number of H-pyrrole nitrogens is 1. The quantitative estimate of drug-likeness (QED) is 0.0868. The fourth-order valence-electron chi connectivity index (χ4n) is 9.66. The molecule has 1 aromatic carbocycles. The highest BCUT2D eigenvalue weighted by Crippen LogP contribution is 2.29. The van der Waals surface area contributed by atoms with Crippen LogP contribution in [-0.2, 0) is 65.5 Å². The van der Waals surface area contributed by atoms with Gasteiger partial charge >= 0.3 is 12.2 Å². The first-order valence-electron chi connectivity index (χ1n) is 27.4. The summed E-state index contributed by atoms with van der Waals surface area (Å²) in [6.45, 7) is 8.01. The lowest BCUT2D eigenvalue weighted by molar-refractivity contribution is -0.144. The average Bonchev–Trinajstić information content (AvgIpc) is 4.00. The number of rotatable bonds is 15. The van der Waals surface area contributed by atoms with Crippen molar-refractivity contribution in [3.63, 3.8) is 0 Å². The van der Waals surface area contributed by atoms with Crippen LogP contribution in [0.5, 0.6) is 5.75 Å². The minimum absolute atomic E-state index is 0.0873. The number of benzene rings is 1. The number of fused-ring (bicyclic) bond motifs is 6. The SMILES string of the molecule is CC[C@H](C)[C@@H]1NC(=O)CNC(=O)C2Cc3c([nH]c4cc(O)ccc34)CCCC(NC(=O)CNC1=O)C(=O)N[C@@H](CC(N)=O)C(=O)N1CC(O)C[C@H]1C(=O)N[C@@H]([C@@H](C)[C@@H](O)COC(=O)NCCCCCCNC(=O)OC(C)(C)C)C(=O)N2. The summed E-state index contributed by atoms with van der Waals surface area (Å²) in [6.07, 6.45) is -3.03. The molecule has 0 saturated carbocycles. The maximum atomic E-state index is 15.0. The van der Waals surface area contributed by atoms with Crippen molar-refractivity contribution in [2.75, 3.05) is 39.3 Å². The number of carbonyl (C=O) groups excluding carboxylic acids is 11.